The summed E-state index contributed by atoms with van der Waals surface area (Å²) < 4.78 is 38.3. The number of hydrogen-bond donors (Lipinski definition) is 2. The zero-order valence-electron chi connectivity index (χ0n) is 19.7. The average molecular weight is 505 g/mol. The molecule has 1 aromatic carbocycles. The van der Waals surface area contributed by atoms with Gasteiger partial charge in [0.1, 0.15) is 17.5 Å². The van der Waals surface area contributed by atoms with Crippen LogP contribution in [0.25, 0.3) is 11.5 Å². The van der Waals surface area contributed by atoms with Gasteiger partial charge in [-0.3, -0.25) is 9.00 Å². The Morgan fingerprint density at radius 1 is 1.27 bits per heavy atom. The second-order valence-electron chi connectivity index (χ2n) is 9.19. The Bertz CT molecular complexity index is 1070. The van der Waals surface area contributed by atoms with Gasteiger partial charge in [0.05, 0.1) is 32.7 Å². The smallest absolute Gasteiger partial charge is 0.408 e. The molecule has 2 N–H and O–H groups in total. The molecular formula is C21H34FN4O5PS. The van der Waals surface area contributed by atoms with Gasteiger partial charge in [0.2, 0.25) is 11.8 Å². The third-order valence-electron chi connectivity index (χ3n) is 4.19. The molecule has 1 aliphatic rings. The second-order valence-corrected chi connectivity index (χ2v) is 10.7. The first-order chi connectivity index (χ1) is 15.2. The molecule has 0 saturated heterocycles. The number of alkyl carbamates (subject to hydrolysis) is 1. The molecule has 1 aliphatic heterocycles. The number of amides is 2. The Hall–Kier alpha value is -2.39. The van der Waals surface area contributed by atoms with Crippen molar-refractivity contribution in [1.29, 1.82) is 0 Å². The third kappa shape index (κ3) is 6.80. The molecule has 2 heterocycles. The van der Waals surface area contributed by atoms with Crippen molar-refractivity contribution < 1.29 is 30.2 Å². The number of anilines is 1. The van der Waals surface area contributed by atoms with E-state index in [1.807, 2.05) is 27.4 Å². The van der Waals surface area contributed by atoms with E-state index in [2.05, 4.69) is 30.1 Å². The lowest BCUT2D eigenvalue weighted by Crippen LogP contribution is -2.47. The Morgan fingerprint density at radius 2 is 1.91 bits per heavy atom. The van der Waals surface area contributed by atoms with Crippen molar-refractivity contribution in [2.45, 2.75) is 63.5 Å². The predicted octanol–water partition coefficient (Wildman–Crippen LogP) is 4.11. The van der Waals surface area contributed by atoms with Gasteiger partial charge in [-0.25, -0.2) is 9.18 Å². The molecule has 2 unspecified atom stereocenters. The molecule has 0 saturated carbocycles. The zero-order valence-corrected chi connectivity index (χ0v) is 21.7. The SMILES string of the molecule is CC(C)(C)OC(=O)N[C@H]1CS(=O)c2cc(F)c(-c3nnc(C(C)(C)C)o3)cc2NC1=O.CP.[HH].[HH]. The van der Waals surface area contributed by atoms with E-state index >= 15 is 0 Å². The van der Waals surface area contributed by atoms with E-state index in [0.717, 1.165) is 6.07 Å². The number of fused-ring (bicyclic) bond motifs is 1. The number of benzene rings is 1. The molecule has 0 radical (unpaired) electrons. The summed E-state index contributed by atoms with van der Waals surface area (Å²) in [6.07, 6.45) is -0.817. The highest BCUT2D eigenvalue weighted by molar-refractivity contribution is 7.85. The molecule has 186 valence electrons. The van der Waals surface area contributed by atoms with E-state index in [1.165, 1.54) is 6.07 Å². The number of halogens is 1. The maximum absolute atomic E-state index is 14.8. The molecule has 9 nitrogen and oxygen atoms in total. The minimum atomic E-state index is -1.77. The maximum Gasteiger partial charge on any atom is 0.408 e. The molecule has 0 spiro atoms. The van der Waals surface area contributed by atoms with E-state index in [1.54, 1.807) is 20.8 Å². The lowest BCUT2D eigenvalue weighted by atomic mass is 9.97. The number of carbonyl (C=O) groups is 2. The second kappa shape index (κ2) is 10.3. The normalized spacial score (nSPS) is 18.3. The number of nitrogens with zero attached hydrogens (tertiary/aromatic N) is 2. The first-order valence-electron chi connectivity index (χ1n) is 10.2. The van der Waals surface area contributed by atoms with Gasteiger partial charge in [-0.15, -0.1) is 19.4 Å². The van der Waals surface area contributed by atoms with E-state index in [-0.39, 0.29) is 30.6 Å². The highest BCUT2D eigenvalue weighted by Gasteiger charge is 2.32. The van der Waals surface area contributed by atoms with Gasteiger partial charge in [-0.05, 0) is 32.9 Å². The number of carbonyl (C=O) groups excluding carboxylic acids is 2. The maximum atomic E-state index is 14.8. The summed E-state index contributed by atoms with van der Waals surface area (Å²) in [5.41, 5.74) is -1.08. The Labute approximate surface area is 200 Å². The van der Waals surface area contributed by atoms with Crippen LogP contribution >= 0.6 is 9.24 Å². The predicted molar refractivity (Wildman–Crippen MR) is 131 cm³/mol. The van der Waals surface area contributed by atoms with Crippen LogP contribution in [-0.4, -0.2) is 50.5 Å². The number of ether oxygens (including phenoxy) is 1. The summed E-state index contributed by atoms with van der Waals surface area (Å²) in [7, 11) is 0.650. The summed E-state index contributed by atoms with van der Waals surface area (Å²) >= 11 is 0. The fraction of sp³-hybridized carbons (Fsp3) is 0.524. The fourth-order valence-electron chi connectivity index (χ4n) is 2.73. The topological polar surface area (TPSA) is 123 Å². The van der Waals surface area contributed by atoms with Crippen LogP contribution in [0.2, 0.25) is 0 Å². The van der Waals surface area contributed by atoms with Crippen LogP contribution in [0.15, 0.2) is 21.4 Å². The van der Waals surface area contributed by atoms with Gasteiger partial charge in [0.25, 0.3) is 5.89 Å². The summed E-state index contributed by atoms with van der Waals surface area (Å²) in [6.45, 7) is 12.6. The van der Waals surface area contributed by atoms with E-state index in [0.29, 0.717) is 5.89 Å². The first kappa shape index (κ1) is 26.9. The minimum absolute atomic E-state index is 0. The van der Waals surface area contributed by atoms with Crippen molar-refractivity contribution in [2.75, 3.05) is 17.7 Å². The van der Waals surface area contributed by atoms with Gasteiger partial charge in [0.15, 0.2) is 0 Å². The van der Waals surface area contributed by atoms with Crippen LogP contribution in [0, 0.1) is 5.82 Å². The number of rotatable bonds is 2. The third-order valence-corrected chi connectivity index (χ3v) is 5.66. The van der Waals surface area contributed by atoms with E-state index in [9.17, 15) is 18.2 Å². The molecule has 0 fully saturated rings. The van der Waals surface area contributed by atoms with Gasteiger partial charge in [-0.2, -0.15) is 0 Å². The molecule has 2 amide bonds. The molecule has 3 atom stereocenters. The Balaban J connectivity index is 0.00000282. The Kier molecular flexibility index (Phi) is 8.35. The number of hydrogen-bond acceptors (Lipinski definition) is 7. The monoisotopic (exact) mass is 504 g/mol. The van der Waals surface area contributed by atoms with Gasteiger partial charge < -0.3 is 19.8 Å². The van der Waals surface area contributed by atoms with Crippen molar-refractivity contribution >= 4 is 37.7 Å². The highest BCUT2D eigenvalue weighted by Crippen LogP contribution is 2.33. The van der Waals surface area contributed by atoms with Gasteiger partial charge in [0, 0.05) is 8.27 Å². The number of nitrogens with one attached hydrogen (secondary N) is 2. The van der Waals surface area contributed by atoms with Crippen LogP contribution in [0.4, 0.5) is 14.9 Å². The van der Waals surface area contributed by atoms with Crippen molar-refractivity contribution in [2.24, 2.45) is 0 Å². The molecule has 3 rings (SSSR count). The minimum Gasteiger partial charge on any atom is -0.444 e. The van der Waals surface area contributed by atoms with Crippen LogP contribution < -0.4 is 10.6 Å². The Morgan fingerprint density at radius 3 is 2.45 bits per heavy atom. The van der Waals surface area contributed by atoms with Crippen molar-refractivity contribution in [3.8, 4) is 11.5 Å². The van der Waals surface area contributed by atoms with Crippen LogP contribution in [-0.2, 0) is 25.7 Å². The van der Waals surface area contributed by atoms with Crippen LogP contribution in [0.3, 0.4) is 0 Å². The molecule has 0 bridgehead atoms. The van der Waals surface area contributed by atoms with Crippen molar-refractivity contribution in [1.82, 2.24) is 15.5 Å². The highest BCUT2D eigenvalue weighted by atomic mass is 32.2. The quantitative estimate of drug-likeness (QED) is 0.590. The molecular weight excluding hydrogens is 470 g/mol. The summed E-state index contributed by atoms with van der Waals surface area (Å²) in [5.74, 6) is -1.28. The number of aromatic nitrogens is 2. The summed E-state index contributed by atoms with van der Waals surface area (Å²) in [6, 6.07) is 1.25. The lowest BCUT2D eigenvalue weighted by molar-refractivity contribution is -0.117. The van der Waals surface area contributed by atoms with Crippen LogP contribution in [0.1, 0.15) is 50.3 Å². The standard InChI is InChI=1S/C20H25FN4O5S.CH5P.2H2/c1-19(2,3)17-25-24-16(29-17)10-7-12-14(8-11(10)21)31(28)9-13(15(26)22-12)23-18(27)30-20(4,5)6;1-2;;/h7-8,13H,9H2,1-6H3,(H,22,26)(H,23,27);2H2,1H3;2*1H/t13-,31?;;;/m0.../s1. The fourth-order valence-corrected chi connectivity index (χ4v) is 4.04. The van der Waals surface area contributed by atoms with Crippen molar-refractivity contribution in [3.05, 3.63) is 23.8 Å². The molecule has 0 aliphatic carbocycles. The van der Waals surface area contributed by atoms with Crippen molar-refractivity contribution in [3.63, 3.8) is 0 Å². The lowest BCUT2D eigenvalue weighted by Gasteiger charge is -2.22. The van der Waals surface area contributed by atoms with E-state index in [4.69, 9.17) is 9.15 Å². The van der Waals surface area contributed by atoms with E-state index < -0.39 is 45.7 Å². The average Bonchev–Trinajstić information content (AvgIpc) is 3.15. The first-order valence-corrected chi connectivity index (χ1v) is 12.7. The zero-order chi connectivity index (χ0) is 25.1. The molecule has 33 heavy (non-hydrogen) atoms. The largest absolute Gasteiger partial charge is 0.444 e. The van der Waals surface area contributed by atoms with Gasteiger partial charge >= 0.3 is 6.09 Å². The summed E-state index contributed by atoms with van der Waals surface area (Å²) in [5, 5.41) is 12.8. The molecule has 1 aromatic heterocycles. The van der Waals surface area contributed by atoms with Gasteiger partial charge in [-0.1, -0.05) is 27.4 Å². The molecule has 2 aromatic rings. The molecule has 12 heteroatoms. The van der Waals surface area contributed by atoms with Crippen LogP contribution in [0.5, 0.6) is 0 Å². The summed E-state index contributed by atoms with van der Waals surface area (Å²) in [4.78, 5) is 24.8.